The SMILES string of the molecule is CC1CCN(C(=O)c2cnccc2N)CC1.Cl. The van der Waals surface area contributed by atoms with Crippen LogP contribution in [0, 0.1) is 5.92 Å². The second kappa shape index (κ2) is 5.87. The van der Waals surface area contributed by atoms with Crippen molar-refractivity contribution in [2.24, 2.45) is 5.92 Å². The van der Waals surface area contributed by atoms with Crippen molar-refractivity contribution >= 4 is 24.0 Å². The van der Waals surface area contributed by atoms with Crippen molar-refractivity contribution in [3.8, 4) is 0 Å². The van der Waals surface area contributed by atoms with Crippen LogP contribution >= 0.6 is 12.4 Å². The second-order valence-electron chi connectivity index (χ2n) is 4.44. The van der Waals surface area contributed by atoms with E-state index in [1.54, 1.807) is 18.5 Å². The quantitative estimate of drug-likeness (QED) is 0.835. The number of carbonyl (C=O) groups excluding carboxylic acids is 1. The smallest absolute Gasteiger partial charge is 0.257 e. The Balaban J connectivity index is 0.00000144. The van der Waals surface area contributed by atoms with Gasteiger partial charge in [0, 0.05) is 31.2 Å². The molecule has 17 heavy (non-hydrogen) atoms. The summed E-state index contributed by atoms with van der Waals surface area (Å²) in [4.78, 5) is 18.0. The molecule has 0 saturated carbocycles. The van der Waals surface area contributed by atoms with E-state index in [9.17, 15) is 4.79 Å². The van der Waals surface area contributed by atoms with Gasteiger partial charge in [0.05, 0.1) is 5.56 Å². The number of rotatable bonds is 1. The maximum Gasteiger partial charge on any atom is 0.257 e. The van der Waals surface area contributed by atoms with Crippen LogP contribution in [0.4, 0.5) is 5.69 Å². The molecule has 0 bridgehead atoms. The summed E-state index contributed by atoms with van der Waals surface area (Å²) in [7, 11) is 0. The molecule has 1 aliphatic heterocycles. The van der Waals surface area contributed by atoms with E-state index < -0.39 is 0 Å². The average molecular weight is 256 g/mol. The number of pyridine rings is 1. The number of carbonyl (C=O) groups is 1. The van der Waals surface area contributed by atoms with Gasteiger partial charge in [0.2, 0.25) is 0 Å². The normalized spacial score (nSPS) is 16.4. The number of nitrogens with zero attached hydrogens (tertiary/aromatic N) is 2. The lowest BCUT2D eigenvalue weighted by molar-refractivity contribution is 0.0698. The molecule has 0 spiro atoms. The fourth-order valence-corrected chi connectivity index (χ4v) is 1.97. The van der Waals surface area contributed by atoms with E-state index in [0.717, 1.165) is 31.8 Å². The first-order valence-corrected chi connectivity index (χ1v) is 5.67. The first kappa shape index (κ1) is 13.8. The van der Waals surface area contributed by atoms with Crippen LogP contribution in [0.2, 0.25) is 0 Å². The number of piperidine rings is 1. The Morgan fingerprint density at radius 1 is 1.47 bits per heavy atom. The van der Waals surface area contributed by atoms with Gasteiger partial charge in [0.25, 0.3) is 5.91 Å². The summed E-state index contributed by atoms with van der Waals surface area (Å²) < 4.78 is 0. The van der Waals surface area contributed by atoms with E-state index in [-0.39, 0.29) is 18.3 Å². The summed E-state index contributed by atoms with van der Waals surface area (Å²) in [6.07, 6.45) is 5.30. The van der Waals surface area contributed by atoms with Crippen LogP contribution in [0.3, 0.4) is 0 Å². The monoisotopic (exact) mass is 255 g/mol. The predicted octanol–water partition coefficient (Wildman–Crippen LogP) is 1.96. The highest BCUT2D eigenvalue weighted by Crippen LogP contribution is 2.19. The molecule has 94 valence electrons. The van der Waals surface area contributed by atoms with Crippen molar-refractivity contribution in [1.29, 1.82) is 0 Å². The second-order valence-corrected chi connectivity index (χ2v) is 4.44. The molecule has 2 rings (SSSR count). The number of hydrogen-bond donors (Lipinski definition) is 1. The number of amides is 1. The zero-order chi connectivity index (χ0) is 11.5. The lowest BCUT2D eigenvalue weighted by Gasteiger charge is -2.30. The van der Waals surface area contributed by atoms with Crippen LogP contribution in [0.25, 0.3) is 0 Å². The minimum atomic E-state index is 0. The van der Waals surface area contributed by atoms with E-state index in [2.05, 4.69) is 11.9 Å². The summed E-state index contributed by atoms with van der Waals surface area (Å²) in [5.41, 5.74) is 6.81. The molecule has 0 radical (unpaired) electrons. The molecule has 0 aliphatic carbocycles. The number of anilines is 1. The molecule has 0 unspecified atom stereocenters. The maximum absolute atomic E-state index is 12.1. The lowest BCUT2D eigenvalue weighted by Crippen LogP contribution is -2.38. The number of aromatic nitrogens is 1. The van der Waals surface area contributed by atoms with Crippen molar-refractivity contribution in [2.45, 2.75) is 19.8 Å². The molecule has 2 heterocycles. The number of hydrogen-bond acceptors (Lipinski definition) is 3. The highest BCUT2D eigenvalue weighted by molar-refractivity contribution is 5.98. The first-order chi connectivity index (χ1) is 7.68. The molecule has 1 aromatic heterocycles. The van der Waals surface area contributed by atoms with E-state index in [0.29, 0.717) is 11.3 Å². The molecule has 1 aliphatic rings. The molecule has 1 fully saturated rings. The van der Waals surface area contributed by atoms with Gasteiger partial charge in [0.1, 0.15) is 0 Å². The Morgan fingerprint density at radius 2 is 2.12 bits per heavy atom. The number of nitrogens with two attached hydrogens (primary N) is 1. The van der Waals surface area contributed by atoms with Gasteiger partial charge in [-0.15, -0.1) is 12.4 Å². The molecule has 1 saturated heterocycles. The lowest BCUT2D eigenvalue weighted by atomic mass is 9.98. The fourth-order valence-electron chi connectivity index (χ4n) is 1.97. The van der Waals surface area contributed by atoms with E-state index in [4.69, 9.17) is 5.73 Å². The van der Waals surface area contributed by atoms with Crippen LogP contribution in [-0.4, -0.2) is 28.9 Å². The number of halogens is 1. The largest absolute Gasteiger partial charge is 0.398 e. The van der Waals surface area contributed by atoms with Gasteiger partial charge in [-0.25, -0.2) is 0 Å². The van der Waals surface area contributed by atoms with Crippen molar-refractivity contribution in [1.82, 2.24) is 9.88 Å². The fraction of sp³-hybridized carbons (Fsp3) is 0.500. The number of nitrogen functional groups attached to an aromatic ring is 1. The minimum absolute atomic E-state index is 0. The topological polar surface area (TPSA) is 59.2 Å². The van der Waals surface area contributed by atoms with Crippen molar-refractivity contribution in [3.63, 3.8) is 0 Å². The summed E-state index contributed by atoms with van der Waals surface area (Å²) in [5.74, 6) is 0.729. The summed E-state index contributed by atoms with van der Waals surface area (Å²) >= 11 is 0. The Morgan fingerprint density at radius 3 is 2.71 bits per heavy atom. The van der Waals surface area contributed by atoms with Crippen molar-refractivity contribution in [3.05, 3.63) is 24.0 Å². The van der Waals surface area contributed by atoms with Gasteiger partial charge in [0.15, 0.2) is 0 Å². The zero-order valence-electron chi connectivity index (χ0n) is 9.93. The van der Waals surface area contributed by atoms with Crippen LogP contribution < -0.4 is 5.73 Å². The van der Waals surface area contributed by atoms with E-state index in [1.807, 2.05) is 4.90 Å². The van der Waals surface area contributed by atoms with Gasteiger partial charge < -0.3 is 10.6 Å². The Labute approximate surface area is 108 Å². The van der Waals surface area contributed by atoms with Crippen molar-refractivity contribution < 1.29 is 4.79 Å². The number of likely N-dealkylation sites (tertiary alicyclic amines) is 1. The highest BCUT2D eigenvalue weighted by atomic mass is 35.5. The molecular formula is C12H18ClN3O. The summed E-state index contributed by atoms with van der Waals surface area (Å²) in [6, 6.07) is 1.67. The molecule has 5 heteroatoms. The molecule has 4 nitrogen and oxygen atoms in total. The minimum Gasteiger partial charge on any atom is -0.398 e. The van der Waals surface area contributed by atoms with Crippen LogP contribution in [0.15, 0.2) is 18.5 Å². The standard InChI is InChI=1S/C12H17N3O.ClH/c1-9-3-6-15(7-4-9)12(16)10-8-14-5-2-11(10)13;/h2,5,8-9H,3-4,6-7H2,1H3,(H2,13,14);1H. The third-order valence-corrected chi connectivity index (χ3v) is 3.16. The maximum atomic E-state index is 12.1. The van der Waals surface area contributed by atoms with Crippen LogP contribution in [0.1, 0.15) is 30.1 Å². The Kier molecular flexibility index (Phi) is 4.75. The third kappa shape index (κ3) is 3.09. The van der Waals surface area contributed by atoms with E-state index >= 15 is 0 Å². The van der Waals surface area contributed by atoms with E-state index in [1.165, 1.54) is 0 Å². The summed E-state index contributed by atoms with van der Waals surface area (Å²) in [5, 5.41) is 0. The van der Waals surface area contributed by atoms with Gasteiger partial charge >= 0.3 is 0 Å². The highest BCUT2D eigenvalue weighted by Gasteiger charge is 2.22. The average Bonchev–Trinajstić information content (AvgIpc) is 2.30. The molecule has 0 aromatic carbocycles. The molecule has 1 amide bonds. The third-order valence-electron chi connectivity index (χ3n) is 3.16. The molecular weight excluding hydrogens is 238 g/mol. The first-order valence-electron chi connectivity index (χ1n) is 5.67. The van der Waals surface area contributed by atoms with Crippen LogP contribution in [-0.2, 0) is 0 Å². The van der Waals surface area contributed by atoms with Gasteiger partial charge in [-0.3, -0.25) is 9.78 Å². The zero-order valence-corrected chi connectivity index (χ0v) is 10.7. The molecule has 2 N–H and O–H groups in total. The van der Waals surface area contributed by atoms with Gasteiger partial charge in [-0.1, -0.05) is 6.92 Å². The van der Waals surface area contributed by atoms with Crippen molar-refractivity contribution in [2.75, 3.05) is 18.8 Å². The van der Waals surface area contributed by atoms with Crippen LogP contribution in [0.5, 0.6) is 0 Å². The Bertz CT molecular complexity index is 389. The van der Waals surface area contributed by atoms with Gasteiger partial charge in [-0.05, 0) is 24.8 Å². The van der Waals surface area contributed by atoms with Gasteiger partial charge in [-0.2, -0.15) is 0 Å². The molecule has 1 aromatic rings. The molecule has 0 atom stereocenters. The Hall–Kier alpha value is -1.29. The predicted molar refractivity (Wildman–Crippen MR) is 70.2 cm³/mol. The summed E-state index contributed by atoms with van der Waals surface area (Å²) in [6.45, 7) is 3.88.